The molecule has 0 heterocycles. The SMILES string of the molecule is Cc1cc(Cl)ccc1NC(=O)NC(C)(C)c1ccc(F)cc1. The topological polar surface area (TPSA) is 41.1 Å². The predicted molar refractivity (Wildman–Crippen MR) is 87.8 cm³/mol. The third-order valence-corrected chi connectivity index (χ3v) is 3.66. The van der Waals surface area contributed by atoms with E-state index in [1.807, 2.05) is 20.8 Å². The van der Waals surface area contributed by atoms with Crippen molar-refractivity contribution in [2.45, 2.75) is 26.3 Å². The fourth-order valence-corrected chi connectivity index (χ4v) is 2.37. The number of rotatable bonds is 3. The van der Waals surface area contributed by atoms with E-state index >= 15 is 0 Å². The number of carbonyl (C=O) groups is 1. The molecule has 0 saturated carbocycles. The Hall–Kier alpha value is -2.07. The third-order valence-electron chi connectivity index (χ3n) is 3.43. The summed E-state index contributed by atoms with van der Waals surface area (Å²) in [6, 6.07) is 11.0. The molecular weight excluding hydrogens is 303 g/mol. The Balaban J connectivity index is 2.08. The molecular formula is C17H18ClFN2O. The van der Waals surface area contributed by atoms with Crippen LogP contribution in [0, 0.1) is 12.7 Å². The van der Waals surface area contributed by atoms with Crippen LogP contribution in [0.15, 0.2) is 42.5 Å². The van der Waals surface area contributed by atoms with Crippen LogP contribution in [-0.2, 0) is 5.54 Å². The molecule has 0 fully saturated rings. The monoisotopic (exact) mass is 320 g/mol. The molecule has 0 aliphatic rings. The van der Waals surface area contributed by atoms with E-state index in [-0.39, 0.29) is 11.8 Å². The van der Waals surface area contributed by atoms with E-state index in [0.717, 1.165) is 11.1 Å². The van der Waals surface area contributed by atoms with E-state index in [1.54, 1.807) is 30.3 Å². The molecule has 2 rings (SSSR count). The molecule has 116 valence electrons. The van der Waals surface area contributed by atoms with Gasteiger partial charge < -0.3 is 10.6 Å². The van der Waals surface area contributed by atoms with Crippen molar-refractivity contribution in [3.05, 3.63) is 64.4 Å². The van der Waals surface area contributed by atoms with Crippen molar-refractivity contribution in [1.29, 1.82) is 0 Å². The van der Waals surface area contributed by atoms with Crippen LogP contribution in [0.3, 0.4) is 0 Å². The molecule has 0 bridgehead atoms. The van der Waals surface area contributed by atoms with Crippen LogP contribution in [-0.4, -0.2) is 6.03 Å². The second-order valence-electron chi connectivity index (χ2n) is 5.67. The van der Waals surface area contributed by atoms with E-state index in [0.29, 0.717) is 10.7 Å². The van der Waals surface area contributed by atoms with Gasteiger partial charge in [-0.15, -0.1) is 0 Å². The Morgan fingerprint density at radius 2 is 1.77 bits per heavy atom. The van der Waals surface area contributed by atoms with Crippen LogP contribution in [0.2, 0.25) is 5.02 Å². The number of hydrogen-bond acceptors (Lipinski definition) is 1. The summed E-state index contributed by atoms with van der Waals surface area (Å²) >= 11 is 5.89. The summed E-state index contributed by atoms with van der Waals surface area (Å²) in [6.45, 7) is 5.58. The zero-order valence-electron chi connectivity index (χ0n) is 12.7. The molecule has 5 heteroatoms. The second-order valence-corrected chi connectivity index (χ2v) is 6.11. The van der Waals surface area contributed by atoms with E-state index in [2.05, 4.69) is 10.6 Å². The van der Waals surface area contributed by atoms with Gasteiger partial charge in [-0.3, -0.25) is 0 Å². The maximum absolute atomic E-state index is 13.0. The van der Waals surface area contributed by atoms with Crippen LogP contribution >= 0.6 is 11.6 Å². The van der Waals surface area contributed by atoms with Gasteiger partial charge in [-0.1, -0.05) is 23.7 Å². The highest BCUT2D eigenvalue weighted by atomic mass is 35.5. The molecule has 22 heavy (non-hydrogen) atoms. The van der Waals surface area contributed by atoms with Crippen molar-refractivity contribution in [3.8, 4) is 0 Å². The first-order chi connectivity index (χ1) is 10.3. The zero-order chi connectivity index (χ0) is 16.3. The van der Waals surface area contributed by atoms with Crippen LogP contribution < -0.4 is 10.6 Å². The molecule has 2 N–H and O–H groups in total. The molecule has 0 aromatic heterocycles. The number of nitrogens with one attached hydrogen (secondary N) is 2. The van der Waals surface area contributed by atoms with Gasteiger partial charge in [0.2, 0.25) is 0 Å². The number of hydrogen-bond donors (Lipinski definition) is 2. The van der Waals surface area contributed by atoms with Gasteiger partial charge in [0.25, 0.3) is 0 Å². The number of urea groups is 1. The number of halogens is 2. The van der Waals surface area contributed by atoms with Gasteiger partial charge in [-0.05, 0) is 62.2 Å². The van der Waals surface area contributed by atoms with E-state index in [1.165, 1.54) is 12.1 Å². The summed E-state index contributed by atoms with van der Waals surface area (Å²) in [7, 11) is 0. The minimum Gasteiger partial charge on any atom is -0.329 e. The molecule has 3 nitrogen and oxygen atoms in total. The summed E-state index contributed by atoms with van der Waals surface area (Å²) in [4.78, 5) is 12.2. The van der Waals surface area contributed by atoms with Crippen molar-refractivity contribution >= 4 is 23.3 Å². The Kier molecular flexibility index (Phi) is 4.71. The first kappa shape index (κ1) is 16.3. The third kappa shape index (κ3) is 3.98. The summed E-state index contributed by atoms with van der Waals surface area (Å²) in [5.41, 5.74) is 1.76. The van der Waals surface area contributed by atoms with Crippen molar-refractivity contribution in [2.24, 2.45) is 0 Å². The van der Waals surface area contributed by atoms with Gasteiger partial charge in [0.1, 0.15) is 5.82 Å². The Labute approximate surface area is 134 Å². The standard InChI is InChI=1S/C17H18ClFN2O/c1-11-10-13(18)6-9-15(11)20-16(22)21-17(2,3)12-4-7-14(19)8-5-12/h4-10H,1-3H3,(H2,20,21,22). The average molecular weight is 321 g/mol. The molecule has 0 saturated heterocycles. The summed E-state index contributed by atoms with van der Waals surface area (Å²) in [5.74, 6) is -0.305. The van der Waals surface area contributed by atoms with Crippen LogP contribution in [0.25, 0.3) is 0 Å². The highest BCUT2D eigenvalue weighted by Gasteiger charge is 2.23. The zero-order valence-corrected chi connectivity index (χ0v) is 13.5. The Morgan fingerprint density at radius 3 is 2.36 bits per heavy atom. The Bertz CT molecular complexity index is 684. The number of carbonyl (C=O) groups excluding carboxylic acids is 1. The lowest BCUT2D eigenvalue weighted by atomic mass is 9.94. The van der Waals surface area contributed by atoms with Gasteiger partial charge in [0, 0.05) is 10.7 Å². The highest BCUT2D eigenvalue weighted by Crippen LogP contribution is 2.22. The van der Waals surface area contributed by atoms with Gasteiger partial charge in [0.05, 0.1) is 5.54 Å². The lowest BCUT2D eigenvalue weighted by Gasteiger charge is -2.27. The summed E-state index contributed by atoms with van der Waals surface area (Å²) < 4.78 is 13.0. The normalized spacial score (nSPS) is 11.1. The van der Waals surface area contributed by atoms with Gasteiger partial charge in [0.15, 0.2) is 0 Å². The first-order valence-corrected chi connectivity index (χ1v) is 7.27. The van der Waals surface area contributed by atoms with Gasteiger partial charge >= 0.3 is 6.03 Å². The number of aryl methyl sites for hydroxylation is 1. The summed E-state index contributed by atoms with van der Waals surface area (Å²) in [5, 5.41) is 6.29. The van der Waals surface area contributed by atoms with Crippen molar-refractivity contribution in [1.82, 2.24) is 5.32 Å². The Morgan fingerprint density at radius 1 is 1.14 bits per heavy atom. The molecule has 0 atom stereocenters. The second kappa shape index (κ2) is 6.36. The fourth-order valence-electron chi connectivity index (χ4n) is 2.14. The lowest BCUT2D eigenvalue weighted by Crippen LogP contribution is -2.43. The molecule has 2 amide bonds. The van der Waals surface area contributed by atoms with Crippen LogP contribution in [0.5, 0.6) is 0 Å². The largest absolute Gasteiger partial charge is 0.329 e. The van der Waals surface area contributed by atoms with E-state index < -0.39 is 5.54 Å². The highest BCUT2D eigenvalue weighted by molar-refractivity contribution is 6.30. The van der Waals surface area contributed by atoms with Crippen LogP contribution in [0.4, 0.5) is 14.9 Å². The van der Waals surface area contributed by atoms with E-state index in [9.17, 15) is 9.18 Å². The molecule has 0 aliphatic carbocycles. The molecule has 2 aromatic carbocycles. The maximum Gasteiger partial charge on any atom is 0.319 e. The number of anilines is 1. The minimum absolute atomic E-state index is 0.305. The lowest BCUT2D eigenvalue weighted by molar-refractivity contribution is 0.242. The van der Waals surface area contributed by atoms with Crippen LogP contribution in [0.1, 0.15) is 25.0 Å². The van der Waals surface area contributed by atoms with Gasteiger partial charge in [-0.2, -0.15) is 0 Å². The van der Waals surface area contributed by atoms with E-state index in [4.69, 9.17) is 11.6 Å². The van der Waals surface area contributed by atoms with Gasteiger partial charge in [-0.25, -0.2) is 9.18 Å². The number of amides is 2. The quantitative estimate of drug-likeness (QED) is 0.834. The molecule has 0 unspecified atom stereocenters. The molecule has 2 aromatic rings. The number of benzene rings is 2. The first-order valence-electron chi connectivity index (χ1n) is 6.89. The maximum atomic E-state index is 13.0. The van der Waals surface area contributed by atoms with Crippen molar-refractivity contribution in [2.75, 3.05) is 5.32 Å². The van der Waals surface area contributed by atoms with Crippen molar-refractivity contribution < 1.29 is 9.18 Å². The molecule has 0 aliphatic heterocycles. The molecule has 0 radical (unpaired) electrons. The predicted octanol–water partition coefficient (Wildman–Crippen LogP) is 4.84. The molecule has 0 spiro atoms. The fraction of sp³-hybridized carbons (Fsp3) is 0.235. The average Bonchev–Trinajstić information content (AvgIpc) is 2.42. The minimum atomic E-state index is -0.627. The smallest absolute Gasteiger partial charge is 0.319 e. The summed E-state index contributed by atoms with van der Waals surface area (Å²) in [6.07, 6.45) is 0. The van der Waals surface area contributed by atoms with Crippen molar-refractivity contribution in [3.63, 3.8) is 0 Å².